The molecule has 1 aliphatic heterocycles. The summed E-state index contributed by atoms with van der Waals surface area (Å²) in [5.41, 5.74) is 1.10. The van der Waals surface area contributed by atoms with Crippen molar-refractivity contribution in [2.24, 2.45) is 0 Å². The molecule has 4 rings (SSSR count). The molecule has 1 saturated heterocycles. The zero-order chi connectivity index (χ0) is 23.2. The molecule has 1 aliphatic rings. The van der Waals surface area contributed by atoms with Crippen molar-refractivity contribution in [1.29, 1.82) is 0 Å². The molecule has 0 N–H and O–H groups in total. The van der Waals surface area contributed by atoms with E-state index in [1.54, 1.807) is 26.4 Å². The lowest BCUT2D eigenvalue weighted by Crippen LogP contribution is -2.44. The van der Waals surface area contributed by atoms with E-state index in [2.05, 4.69) is 16.8 Å². The summed E-state index contributed by atoms with van der Waals surface area (Å²) in [5, 5.41) is 0.437. The Morgan fingerprint density at radius 1 is 0.909 bits per heavy atom. The number of rotatable bonds is 9. The Labute approximate surface area is 194 Å². The van der Waals surface area contributed by atoms with Gasteiger partial charge in [0.05, 0.1) is 20.8 Å². The van der Waals surface area contributed by atoms with Gasteiger partial charge >= 0.3 is 0 Å². The van der Waals surface area contributed by atoms with Gasteiger partial charge in [-0.05, 0) is 50.7 Å². The SMILES string of the molecule is COc1ccc(-c2cc(=O)c3c(OCCCCN4CCN(C)CC4)cc(OC)cc3o2)cc1. The third kappa shape index (κ3) is 5.67. The second-order valence-corrected chi connectivity index (χ2v) is 8.40. The van der Waals surface area contributed by atoms with Crippen molar-refractivity contribution < 1.29 is 18.6 Å². The molecule has 0 aliphatic carbocycles. The van der Waals surface area contributed by atoms with Crippen LogP contribution in [0.25, 0.3) is 22.3 Å². The number of ether oxygens (including phenoxy) is 3. The number of nitrogens with zero attached hydrogens (tertiary/aromatic N) is 2. The summed E-state index contributed by atoms with van der Waals surface area (Å²) in [6.07, 6.45) is 1.97. The minimum Gasteiger partial charge on any atom is -0.497 e. The van der Waals surface area contributed by atoms with Gasteiger partial charge in [-0.1, -0.05) is 0 Å². The smallest absolute Gasteiger partial charge is 0.197 e. The maximum Gasteiger partial charge on any atom is 0.197 e. The predicted octanol–water partition coefficient (Wildman–Crippen LogP) is 3.88. The largest absolute Gasteiger partial charge is 0.497 e. The van der Waals surface area contributed by atoms with Gasteiger partial charge in [0.2, 0.25) is 0 Å². The molecule has 33 heavy (non-hydrogen) atoms. The fraction of sp³-hybridized carbons (Fsp3) is 0.423. The van der Waals surface area contributed by atoms with E-state index in [0.29, 0.717) is 34.8 Å². The first-order valence-electron chi connectivity index (χ1n) is 11.4. The average Bonchev–Trinajstić information content (AvgIpc) is 2.84. The maximum atomic E-state index is 13.0. The van der Waals surface area contributed by atoms with Crippen LogP contribution in [-0.2, 0) is 0 Å². The van der Waals surface area contributed by atoms with Crippen molar-refractivity contribution in [1.82, 2.24) is 9.80 Å². The van der Waals surface area contributed by atoms with E-state index in [1.807, 2.05) is 24.3 Å². The van der Waals surface area contributed by atoms with E-state index in [-0.39, 0.29) is 5.43 Å². The highest BCUT2D eigenvalue weighted by Crippen LogP contribution is 2.32. The third-order valence-electron chi connectivity index (χ3n) is 6.10. The first kappa shape index (κ1) is 23.1. The molecule has 0 radical (unpaired) electrons. The number of unbranched alkanes of at least 4 members (excludes halogenated alkanes) is 1. The highest BCUT2D eigenvalue weighted by atomic mass is 16.5. The summed E-state index contributed by atoms with van der Waals surface area (Å²) < 4.78 is 22.8. The maximum absolute atomic E-state index is 13.0. The van der Waals surface area contributed by atoms with Crippen LogP contribution >= 0.6 is 0 Å². The Balaban J connectivity index is 1.47. The lowest BCUT2D eigenvalue weighted by Gasteiger charge is -2.32. The van der Waals surface area contributed by atoms with Gasteiger partial charge in [-0.3, -0.25) is 4.79 Å². The zero-order valence-corrected chi connectivity index (χ0v) is 19.6. The van der Waals surface area contributed by atoms with Crippen LogP contribution in [0, 0.1) is 0 Å². The summed E-state index contributed by atoms with van der Waals surface area (Å²) >= 11 is 0. The number of benzene rings is 2. The highest BCUT2D eigenvalue weighted by Gasteiger charge is 2.15. The van der Waals surface area contributed by atoms with E-state index in [0.717, 1.165) is 56.9 Å². The monoisotopic (exact) mass is 452 g/mol. The Morgan fingerprint density at radius 2 is 1.64 bits per heavy atom. The number of piperazine rings is 1. The first-order chi connectivity index (χ1) is 16.1. The summed E-state index contributed by atoms with van der Waals surface area (Å²) in [7, 11) is 5.37. The van der Waals surface area contributed by atoms with Crippen LogP contribution in [0.4, 0.5) is 0 Å². The topological polar surface area (TPSA) is 64.4 Å². The average molecular weight is 453 g/mol. The highest BCUT2D eigenvalue weighted by molar-refractivity contribution is 5.86. The van der Waals surface area contributed by atoms with Crippen LogP contribution in [0.3, 0.4) is 0 Å². The number of methoxy groups -OCH3 is 2. The molecular formula is C26H32N2O5. The van der Waals surface area contributed by atoms with E-state index < -0.39 is 0 Å². The van der Waals surface area contributed by atoms with E-state index in [4.69, 9.17) is 18.6 Å². The molecule has 2 heterocycles. The molecule has 1 aromatic heterocycles. The van der Waals surface area contributed by atoms with Gasteiger partial charge in [0.25, 0.3) is 0 Å². The summed E-state index contributed by atoms with van der Waals surface area (Å²) in [6.45, 7) is 6.10. The van der Waals surface area contributed by atoms with E-state index >= 15 is 0 Å². The Bertz CT molecular complexity index is 1120. The molecule has 0 bridgehead atoms. The molecule has 3 aromatic rings. The molecular weight excluding hydrogens is 420 g/mol. The molecule has 7 nitrogen and oxygen atoms in total. The molecule has 7 heteroatoms. The Kier molecular flexibility index (Phi) is 7.52. The Morgan fingerprint density at radius 3 is 2.33 bits per heavy atom. The molecule has 2 aromatic carbocycles. The summed E-state index contributed by atoms with van der Waals surface area (Å²) in [6, 6.07) is 12.4. The standard InChI is InChI=1S/C26H32N2O5/c1-27-11-13-28(14-12-27)10-4-5-15-32-24-16-21(31-3)17-25-26(24)22(29)18-23(33-25)19-6-8-20(30-2)9-7-19/h6-9,16-18H,4-5,10-15H2,1-3H3. The van der Waals surface area contributed by atoms with Crippen molar-refractivity contribution in [3.8, 4) is 28.6 Å². The van der Waals surface area contributed by atoms with Crippen LogP contribution < -0.4 is 19.6 Å². The molecule has 0 unspecified atom stereocenters. The molecule has 0 amide bonds. The number of hydrogen-bond donors (Lipinski definition) is 0. The summed E-state index contributed by atoms with van der Waals surface area (Å²) in [4.78, 5) is 17.9. The molecule has 0 atom stereocenters. The van der Waals surface area contributed by atoms with Gasteiger partial charge in [0.15, 0.2) is 5.43 Å². The third-order valence-corrected chi connectivity index (χ3v) is 6.10. The lowest BCUT2D eigenvalue weighted by molar-refractivity contribution is 0.150. The molecule has 0 spiro atoms. The lowest BCUT2D eigenvalue weighted by atomic mass is 10.1. The summed E-state index contributed by atoms with van der Waals surface area (Å²) in [5.74, 6) is 2.32. The number of likely N-dealkylation sites (N-methyl/N-ethyl adjacent to an activating group) is 1. The fourth-order valence-corrected chi connectivity index (χ4v) is 4.05. The fourth-order valence-electron chi connectivity index (χ4n) is 4.05. The van der Waals surface area contributed by atoms with Crippen molar-refractivity contribution >= 4 is 11.0 Å². The second kappa shape index (κ2) is 10.7. The van der Waals surface area contributed by atoms with Crippen molar-refractivity contribution in [2.75, 3.05) is 60.6 Å². The van der Waals surface area contributed by atoms with Gasteiger partial charge in [-0.15, -0.1) is 0 Å². The van der Waals surface area contributed by atoms with Crippen LogP contribution in [-0.4, -0.2) is 70.4 Å². The molecule has 176 valence electrons. The number of hydrogen-bond acceptors (Lipinski definition) is 7. The predicted molar refractivity (Wildman–Crippen MR) is 130 cm³/mol. The van der Waals surface area contributed by atoms with Gasteiger partial charge in [0, 0.05) is 49.9 Å². The molecule has 1 fully saturated rings. The zero-order valence-electron chi connectivity index (χ0n) is 19.6. The van der Waals surface area contributed by atoms with Crippen LogP contribution in [0.5, 0.6) is 17.2 Å². The molecule has 0 saturated carbocycles. The quantitative estimate of drug-likeness (QED) is 0.457. The van der Waals surface area contributed by atoms with Crippen LogP contribution in [0.15, 0.2) is 51.7 Å². The van der Waals surface area contributed by atoms with Gasteiger partial charge < -0.3 is 28.4 Å². The van der Waals surface area contributed by atoms with E-state index in [1.165, 1.54) is 6.07 Å². The van der Waals surface area contributed by atoms with Gasteiger partial charge in [0.1, 0.15) is 34.0 Å². The van der Waals surface area contributed by atoms with Crippen molar-refractivity contribution in [2.45, 2.75) is 12.8 Å². The van der Waals surface area contributed by atoms with E-state index in [9.17, 15) is 4.79 Å². The first-order valence-corrected chi connectivity index (χ1v) is 11.4. The van der Waals surface area contributed by atoms with Crippen LogP contribution in [0.2, 0.25) is 0 Å². The minimum atomic E-state index is -0.142. The minimum absolute atomic E-state index is 0.142. The van der Waals surface area contributed by atoms with Gasteiger partial charge in [-0.25, -0.2) is 0 Å². The normalized spacial score (nSPS) is 15.0. The second-order valence-electron chi connectivity index (χ2n) is 8.40. The van der Waals surface area contributed by atoms with Crippen molar-refractivity contribution in [3.05, 3.63) is 52.7 Å². The van der Waals surface area contributed by atoms with Crippen molar-refractivity contribution in [3.63, 3.8) is 0 Å². The van der Waals surface area contributed by atoms with Gasteiger partial charge in [-0.2, -0.15) is 0 Å². The number of fused-ring (bicyclic) bond motifs is 1. The van der Waals surface area contributed by atoms with Crippen LogP contribution in [0.1, 0.15) is 12.8 Å². The Hall–Kier alpha value is -3.03.